The normalized spacial score (nSPS) is 13.0. The molecule has 0 bridgehead atoms. The van der Waals surface area contributed by atoms with Gasteiger partial charge in [0.25, 0.3) is 5.91 Å². The first-order chi connectivity index (χ1) is 16.3. The van der Waals surface area contributed by atoms with Gasteiger partial charge in [0.1, 0.15) is 11.6 Å². The van der Waals surface area contributed by atoms with Crippen LogP contribution in [-0.4, -0.2) is 23.5 Å². The van der Waals surface area contributed by atoms with Gasteiger partial charge in [-0.15, -0.1) is 13.2 Å². The predicted molar refractivity (Wildman–Crippen MR) is 125 cm³/mol. The average molecular weight is 464 g/mol. The van der Waals surface area contributed by atoms with E-state index < -0.39 is 6.36 Å². The molecule has 1 amide bonds. The summed E-state index contributed by atoms with van der Waals surface area (Å²) in [5, 5.41) is 2.83. The van der Waals surface area contributed by atoms with Crippen molar-refractivity contribution in [2.45, 2.75) is 13.3 Å². The Kier molecular flexibility index (Phi) is 6.44. The van der Waals surface area contributed by atoms with Crippen molar-refractivity contribution >= 4 is 23.6 Å². The van der Waals surface area contributed by atoms with Crippen LogP contribution in [0.15, 0.2) is 90.5 Å². The number of rotatable bonds is 5. The summed E-state index contributed by atoms with van der Waals surface area (Å²) in [7, 11) is 0. The lowest BCUT2D eigenvalue weighted by atomic mass is 10.00. The van der Waals surface area contributed by atoms with E-state index in [4.69, 9.17) is 0 Å². The van der Waals surface area contributed by atoms with Crippen LogP contribution in [0.4, 0.5) is 24.7 Å². The highest BCUT2D eigenvalue weighted by Crippen LogP contribution is 2.31. The molecule has 0 atom stereocenters. The molecule has 172 valence electrons. The Morgan fingerprint density at radius 3 is 2.65 bits per heavy atom. The van der Waals surface area contributed by atoms with Crippen LogP contribution in [0.5, 0.6) is 5.75 Å². The van der Waals surface area contributed by atoms with Crippen LogP contribution in [0.3, 0.4) is 0 Å². The van der Waals surface area contributed by atoms with E-state index in [1.165, 1.54) is 18.3 Å². The molecule has 1 aromatic heterocycles. The number of nitrogens with zero attached hydrogens (tertiary/aromatic N) is 3. The molecule has 0 saturated carbocycles. The predicted octanol–water partition coefficient (Wildman–Crippen LogP) is 6.08. The lowest BCUT2D eigenvalue weighted by Crippen LogP contribution is -2.17. The number of aryl methyl sites for hydroxylation is 1. The summed E-state index contributed by atoms with van der Waals surface area (Å²) in [5.41, 5.74) is 2.98. The van der Waals surface area contributed by atoms with Gasteiger partial charge in [-0.3, -0.25) is 9.79 Å². The second kappa shape index (κ2) is 9.62. The Labute approximate surface area is 193 Å². The molecular weight excluding hydrogens is 445 g/mol. The summed E-state index contributed by atoms with van der Waals surface area (Å²) >= 11 is 0. The molecule has 34 heavy (non-hydrogen) atoms. The van der Waals surface area contributed by atoms with Crippen molar-refractivity contribution in [3.05, 3.63) is 96.6 Å². The fraction of sp³-hybridized carbons (Fsp3) is 0.0800. The van der Waals surface area contributed by atoms with Crippen LogP contribution in [0.1, 0.15) is 15.9 Å². The van der Waals surface area contributed by atoms with E-state index >= 15 is 0 Å². The van der Waals surface area contributed by atoms with Crippen molar-refractivity contribution in [2.75, 3.05) is 10.2 Å². The van der Waals surface area contributed by atoms with E-state index in [0.717, 1.165) is 11.1 Å². The van der Waals surface area contributed by atoms with Crippen LogP contribution < -0.4 is 15.0 Å². The first-order valence-corrected chi connectivity index (χ1v) is 10.2. The van der Waals surface area contributed by atoms with E-state index in [0.29, 0.717) is 22.6 Å². The standard InChI is InChI=1S/C25H19F3N4O2/c1-17-14-21(34-25(26,27)28)7-8-22(17)18-4-2-5-20(15-18)31-24(33)19-6-9-23(30-16-19)32-12-3-10-29-11-13-32/h2-16H,1H3,(H,31,33). The van der Waals surface area contributed by atoms with E-state index in [2.05, 4.69) is 20.0 Å². The van der Waals surface area contributed by atoms with Crippen molar-refractivity contribution in [3.63, 3.8) is 0 Å². The van der Waals surface area contributed by atoms with Crippen molar-refractivity contribution in [2.24, 2.45) is 4.99 Å². The maximum Gasteiger partial charge on any atom is 0.573 e. The lowest BCUT2D eigenvalue weighted by molar-refractivity contribution is -0.274. The largest absolute Gasteiger partial charge is 0.573 e. The maximum atomic E-state index is 12.7. The number of aliphatic imine (C=N–C) groups is 1. The van der Waals surface area contributed by atoms with E-state index in [9.17, 15) is 18.0 Å². The van der Waals surface area contributed by atoms with Crippen LogP contribution in [-0.2, 0) is 0 Å². The average Bonchev–Trinajstić information content (AvgIpc) is 3.08. The number of hydrogen-bond donors (Lipinski definition) is 1. The zero-order valence-electron chi connectivity index (χ0n) is 18.0. The highest BCUT2D eigenvalue weighted by atomic mass is 19.4. The fourth-order valence-electron chi connectivity index (χ4n) is 3.34. The summed E-state index contributed by atoms with van der Waals surface area (Å²) in [6.07, 6.45) is 5.33. The molecule has 0 unspecified atom stereocenters. The maximum absolute atomic E-state index is 12.7. The third-order valence-corrected chi connectivity index (χ3v) is 4.87. The van der Waals surface area contributed by atoms with Crippen LogP contribution in [0, 0.1) is 6.92 Å². The van der Waals surface area contributed by atoms with Gasteiger partial charge in [0.15, 0.2) is 0 Å². The topological polar surface area (TPSA) is 66.8 Å². The van der Waals surface area contributed by atoms with Gasteiger partial charge in [-0.1, -0.05) is 18.2 Å². The Morgan fingerprint density at radius 1 is 1.06 bits per heavy atom. The van der Waals surface area contributed by atoms with Crippen molar-refractivity contribution in [1.29, 1.82) is 0 Å². The number of carbonyl (C=O) groups excluding carboxylic acids is 1. The number of alkyl halides is 3. The molecule has 6 nitrogen and oxygen atoms in total. The molecule has 0 fully saturated rings. The van der Waals surface area contributed by atoms with Crippen molar-refractivity contribution in [3.8, 4) is 16.9 Å². The summed E-state index contributed by atoms with van der Waals surface area (Å²) in [4.78, 5) is 22.8. The van der Waals surface area contributed by atoms with Gasteiger partial charge in [-0.05, 0) is 66.1 Å². The summed E-state index contributed by atoms with van der Waals surface area (Å²) < 4.78 is 41.4. The summed E-state index contributed by atoms with van der Waals surface area (Å²) in [6.45, 7) is 1.69. The number of benzene rings is 2. The number of halogens is 3. The summed E-state index contributed by atoms with van der Waals surface area (Å²) in [6, 6.07) is 14.6. The lowest BCUT2D eigenvalue weighted by Gasteiger charge is -2.14. The number of amides is 1. The van der Waals surface area contributed by atoms with Crippen LogP contribution >= 0.6 is 0 Å². The number of carbonyl (C=O) groups is 1. The molecule has 2 aromatic carbocycles. The van der Waals surface area contributed by atoms with E-state index in [1.54, 1.807) is 79.1 Å². The van der Waals surface area contributed by atoms with Gasteiger partial charge in [0.2, 0.25) is 0 Å². The number of pyridine rings is 1. The highest BCUT2D eigenvalue weighted by molar-refractivity contribution is 6.04. The smallest absolute Gasteiger partial charge is 0.406 e. The SMILES string of the molecule is Cc1cc(OC(F)(F)F)ccc1-c1cccc(NC(=O)c2ccc(N3C=CC=NC=C3)nc2)c1. The molecule has 3 aromatic rings. The first-order valence-electron chi connectivity index (χ1n) is 10.2. The fourth-order valence-corrected chi connectivity index (χ4v) is 3.34. The molecule has 1 aliphatic heterocycles. The minimum Gasteiger partial charge on any atom is -0.406 e. The number of nitrogens with one attached hydrogen (secondary N) is 1. The van der Waals surface area contributed by atoms with Gasteiger partial charge in [0.05, 0.1) is 5.56 Å². The zero-order valence-corrected chi connectivity index (χ0v) is 18.0. The van der Waals surface area contributed by atoms with Gasteiger partial charge in [0, 0.05) is 36.7 Å². The molecule has 1 aliphatic rings. The van der Waals surface area contributed by atoms with Crippen LogP contribution in [0.2, 0.25) is 0 Å². The Bertz CT molecular complexity index is 1270. The molecule has 0 aliphatic carbocycles. The monoisotopic (exact) mass is 464 g/mol. The molecule has 0 spiro atoms. The molecule has 1 N–H and O–H groups in total. The Hall–Kier alpha value is -4.40. The van der Waals surface area contributed by atoms with Crippen LogP contribution in [0.25, 0.3) is 11.1 Å². The van der Waals surface area contributed by atoms with Crippen molar-refractivity contribution in [1.82, 2.24) is 4.98 Å². The second-order valence-corrected chi connectivity index (χ2v) is 7.31. The molecule has 4 rings (SSSR count). The molecule has 9 heteroatoms. The highest BCUT2D eigenvalue weighted by Gasteiger charge is 2.31. The number of hydrogen-bond acceptors (Lipinski definition) is 5. The quantitative estimate of drug-likeness (QED) is 0.497. The Balaban J connectivity index is 1.48. The third-order valence-electron chi connectivity index (χ3n) is 4.87. The molecular formula is C25H19F3N4O2. The van der Waals surface area contributed by atoms with Gasteiger partial charge < -0.3 is 15.0 Å². The number of aromatic nitrogens is 1. The van der Waals surface area contributed by atoms with E-state index in [1.807, 2.05) is 6.07 Å². The van der Waals surface area contributed by atoms with Gasteiger partial charge in [-0.25, -0.2) is 4.98 Å². The molecule has 0 saturated heterocycles. The summed E-state index contributed by atoms with van der Waals surface area (Å²) in [5.74, 6) is 0.00457. The first kappa shape index (κ1) is 22.8. The minimum atomic E-state index is -4.75. The minimum absolute atomic E-state index is 0.284. The van der Waals surface area contributed by atoms with E-state index in [-0.39, 0.29) is 11.7 Å². The second-order valence-electron chi connectivity index (χ2n) is 7.31. The zero-order chi connectivity index (χ0) is 24.1. The number of anilines is 2. The van der Waals surface area contributed by atoms with Gasteiger partial charge >= 0.3 is 6.36 Å². The van der Waals surface area contributed by atoms with Crippen molar-refractivity contribution < 1.29 is 22.7 Å². The number of allylic oxidation sites excluding steroid dienone is 1. The number of ether oxygens (including phenoxy) is 1. The van der Waals surface area contributed by atoms with Gasteiger partial charge in [-0.2, -0.15) is 0 Å². The Morgan fingerprint density at radius 2 is 1.91 bits per heavy atom. The molecule has 0 radical (unpaired) electrons. The molecule has 2 heterocycles. The third kappa shape index (κ3) is 5.69.